The summed E-state index contributed by atoms with van der Waals surface area (Å²) in [6.45, 7) is 0. The zero-order valence-electron chi connectivity index (χ0n) is 8.53. The standard InChI is InChI=1S/C14H10F2/c15-13-9-6-11(7-10-13)5-8-12-3-1-2-4-14(12)16/h1-10H. The van der Waals surface area contributed by atoms with Crippen LogP contribution in [-0.4, -0.2) is 0 Å². The third kappa shape index (κ3) is 2.54. The summed E-state index contributed by atoms with van der Waals surface area (Å²) in [4.78, 5) is 0. The number of rotatable bonds is 2. The van der Waals surface area contributed by atoms with Gasteiger partial charge in [0.15, 0.2) is 0 Å². The van der Waals surface area contributed by atoms with Gasteiger partial charge in [0.05, 0.1) is 0 Å². The van der Waals surface area contributed by atoms with Crippen LogP contribution in [0.1, 0.15) is 11.1 Å². The maximum absolute atomic E-state index is 13.2. The summed E-state index contributed by atoms with van der Waals surface area (Å²) >= 11 is 0. The molecule has 0 N–H and O–H groups in total. The Morgan fingerprint density at radius 2 is 1.44 bits per heavy atom. The van der Waals surface area contributed by atoms with Crippen LogP contribution in [0, 0.1) is 11.6 Å². The van der Waals surface area contributed by atoms with E-state index in [1.807, 2.05) is 0 Å². The molecule has 2 rings (SSSR count). The fourth-order valence-electron chi connectivity index (χ4n) is 1.37. The van der Waals surface area contributed by atoms with Gasteiger partial charge in [0.2, 0.25) is 0 Å². The predicted octanol–water partition coefficient (Wildman–Crippen LogP) is 4.14. The molecule has 0 radical (unpaired) electrons. The van der Waals surface area contributed by atoms with Crippen molar-refractivity contribution in [3.8, 4) is 0 Å². The van der Waals surface area contributed by atoms with Gasteiger partial charge in [-0.3, -0.25) is 0 Å². The van der Waals surface area contributed by atoms with Gasteiger partial charge in [-0.1, -0.05) is 42.5 Å². The van der Waals surface area contributed by atoms with Gasteiger partial charge < -0.3 is 0 Å². The van der Waals surface area contributed by atoms with Crippen LogP contribution in [0.25, 0.3) is 12.2 Å². The summed E-state index contributed by atoms with van der Waals surface area (Å²) in [6.07, 6.45) is 3.42. The van der Waals surface area contributed by atoms with Crippen LogP contribution >= 0.6 is 0 Å². The third-order valence-electron chi connectivity index (χ3n) is 2.23. The predicted molar refractivity (Wildman–Crippen MR) is 61.7 cm³/mol. The Morgan fingerprint density at radius 1 is 0.750 bits per heavy atom. The molecule has 2 heteroatoms. The minimum Gasteiger partial charge on any atom is -0.207 e. The van der Waals surface area contributed by atoms with Crippen LogP contribution in [0.3, 0.4) is 0 Å². The van der Waals surface area contributed by atoms with E-state index < -0.39 is 0 Å². The van der Waals surface area contributed by atoms with E-state index in [9.17, 15) is 8.78 Å². The largest absolute Gasteiger partial charge is 0.207 e. The highest BCUT2D eigenvalue weighted by Gasteiger charge is 1.95. The van der Waals surface area contributed by atoms with Gasteiger partial charge in [0, 0.05) is 5.56 Å². The highest BCUT2D eigenvalue weighted by molar-refractivity contribution is 5.69. The first-order valence-electron chi connectivity index (χ1n) is 4.94. The Balaban J connectivity index is 2.21. The monoisotopic (exact) mass is 216 g/mol. The summed E-state index contributed by atoms with van der Waals surface area (Å²) in [5, 5.41) is 0. The number of benzene rings is 2. The van der Waals surface area contributed by atoms with Gasteiger partial charge in [0.1, 0.15) is 11.6 Å². The molecule has 2 aromatic rings. The quantitative estimate of drug-likeness (QED) is 0.662. The molecule has 0 bridgehead atoms. The van der Waals surface area contributed by atoms with Gasteiger partial charge >= 0.3 is 0 Å². The molecule has 80 valence electrons. The van der Waals surface area contributed by atoms with Gasteiger partial charge in [-0.25, -0.2) is 8.78 Å². The normalized spacial score (nSPS) is 10.9. The molecule has 0 nitrogen and oxygen atoms in total. The topological polar surface area (TPSA) is 0 Å². The summed E-state index contributed by atoms with van der Waals surface area (Å²) in [6, 6.07) is 12.6. The van der Waals surface area contributed by atoms with Crippen molar-refractivity contribution in [3.05, 3.63) is 71.3 Å². The second-order valence-corrected chi connectivity index (χ2v) is 3.41. The molecule has 0 saturated heterocycles. The Kier molecular flexibility index (Phi) is 3.10. The summed E-state index contributed by atoms with van der Waals surface area (Å²) in [5.41, 5.74) is 1.36. The number of halogens is 2. The zero-order valence-corrected chi connectivity index (χ0v) is 8.53. The zero-order chi connectivity index (χ0) is 11.4. The summed E-state index contributed by atoms with van der Waals surface area (Å²) in [5.74, 6) is -0.538. The van der Waals surface area contributed by atoms with Crippen molar-refractivity contribution >= 4 is 12.2 Å². The lowest BCUT2D eigenvalue weighted by Gasteiger charge is -1.96. The molecular formula is C14H10F2. The first-order valence-corrected chi connectivity index (χ1v) is 4.94. The molecular weight excluding hydrogens is 206 g/mol. The highest BCUT2D eigenvalue weighted by atomic mass is 19.1. The van der Waals surface area contributed by atoms with E-state index in [-0.39, 0.29) is 11.6 Å². The van der Waals surface area contributed by atoms with E-state index in [2.05, 4.69) is 0 Å². The molecule has 0 heterocycles. The van der Waals surface area contributed by atoms with Crippen molar-refractivity contribution in [1.82, 2.24) is 0 Å². The van der Waals surface area contributed by atoms with Crippen LogP contribution in [0.2, 0.25) is 0 Å². The molecule has 0 fully saturated rings. The van der Waals surface area contributed by atoms with Crippen molar-refractivity contribution in [2.75, 3.05) is 0 Å². The molecule has 0 amide bonds. The van der Waals surface area contributed by atoms with E-state index in [0.29, 0.717) is 5.56 Å². The van der Waals surface area contributed by atoms with Crippen molar-refractivity contribution in [1.29, 1.82) is 0 Å². The molecule has 0 saturated carbocycles. The van der Waals surface area contributed by atoms with Crippen molar-refractivity contribution < 1.29 is 8.78 Å². The molecule has 0 aliphatic rings. The second kappa shape index (κ2) is 4.71. The molecule has 0 atom stereocenters. The first kappa shape index (κ1) is 10.6. The number of hydrogen-bond acceptors (Lipinski definition) is 0. The van der Waals surface area contributed by atoms with Gasteiger partial charge in [0.25, 0.3) is 0 Å². The molecule has 0 unspecified atom stereocenters. The van der Waals surface area contributed by atoms with Crippen molar-refractivity contribution in [2.45, 2.75) is 0 Å². The van der Waals surface area contributed by atoms with Crippen LogP contribution in [0.4, 0.5) is 8.78 Å². The molecule has 16 heavy (non-hydrogen) atoms. The van der Waals surface area contributed by atoms with Gasteiger partial charge in [-0.15, -0.1) is 0 Å². The second-order valence-electron chi connectivity index (χ2n) is 3.41. The summed E-state index contributed by atoms with van der Waals surface area (Å²) in [7, 11) is 0. The molecule has 0 aromatic heterocycles. The van der Waals surface area contributed by atoms with Gasteiger partial charge in [-0.2, -0.15) is 0 Å². The minimum atomic E-state index is -0.275. The molecule has 0 aliphatic heterocycles. The number of hydrogen-bond donors (Lipinski definition) is 0. The first-order chi connectivity index (χ1) is 7.75. The molecule has 0 aliphatic carbocycles. The lowest BCUT2D eigenvalue weighted by Crippen LogP contribution is -1.79. The van der Waals surface area contributed by atoms with Crippen LogP contribution in [0.15, 0.2) is 48.5 Å². The Bertz CT molecular complexity index is 498. The Labute approximate surface area is 92.9 Å². The third-order valence-corrected chi connectivity index (χ3v) is 2.23. The highest BCUT2D eigenvalue weighted by Crippen LogP contribution is 2.12. The molecule has 2 aromatic carbocycles. The maximum Gasteiger partial charge on any atom is 0.130 e. The van der Waals surface area contributed by atoms with Crippen LogP contribution < -0.4 is 0 Å². The van der Waals surface area contributed by atoms with Crippen molar-refractivity contribution in [2.24, 2.45) is 0 Å². The fourth-order valence-corrected chi connectivity index (χ4v) is 1.37. The minimum absolute atomic E-state index is 0.263. The van der Waals surface area contributed by atoms with Gasteiger partial charge in [-0.05, 0) is 23.8 Å². The smallest absolute Gasteiger partial charge is 0.130 e. The van der Waals surface area contributed by atoms with Crippen molar-refractivity contribution in [3.63, 3.8) is 0 Å². The summed E-state index contributed by atoms with van der Waals surface area (Å²) < 4.78 is 25.9. The lowest BCUT2D eigenvalue weighted by atomic mass is 10.1. The average molecular weight is 216 g/mol. The van der Waals surface area contributed by atoms with E-state index in [1.54, 1.807) is 42.5 Å². The molecule has 0 spiro atoms. The maximum atomic E-state index is 13.2. The Hall–Kier alpha value is -1.96. The van der Waals surface area contributed by atoms with E-state index in [0.717, 1.165) is 5.56 Å². The Morgan fingerprint density at radius 3 is 2.12 bits per heavy atom. The SMILES string of the molecule is Fc1ccc(C=Cc2ccccc2F)cc1. The lowest BCUT2D eigenvalue weighted by molar-refractivity contribution is 0.625. The van der Waals surface area contributed by atoms with E-state index in [4.69, 9.17) is 0 Å². The average Bonchev–Trinajstić information content (AvgIpc) is 2.30. The van der Waals surface area contributed by atoms with E-state index >= 15 is 0 Å². The fraction of sp³-hybridized carbons (Fsp3) is 0. The van der Waals surface area contributed by atoms with E-state index in [1.165, 1.54) is 18.2 Å². The van der Waals surface area contributed by atoms with Crippen LogP contribution in [-0.2, 0) is 0 Å². The van der Waals surface area contributed by atoms with Crippen LogP contribution in [0.5, 0.6) is 0 Å².